The van der Waals surface area contributed by atoms with Crippen molar-refractivity contribution in [3.63, 3.8) is 0 Å². The maximum Gasteiger partial charge on any atom is 0.336 e. The largest absolute Gasteiger partial charge is 0.478 e. The lowest BCUT2D eigenvalue weighted by Crippen LogP contribution is -2.31. The van der Waals surface area contributed by atoms with Crippen LogP contribution < -0.4 is 15.4 Å². The average Bonchev–Trinajstić information content (AvgIpc) is 3.12. The van der Waals surface area contributed by atoms with E-state index in [1.54, 1.807) is 48.5 Å². The molecule has 10 heteroatoms. The zero-order valence-corrected chi connectivity index (χ0v) is 26.6. The van der Waals surface area contributed by atoms with Gasteiger partial charge < -0.3 is 35.1 Å². The number of hydrogen-bond donors (Lipinski definition) is 4. The number of para-hydroxylation sites is 1. The Morgan fingerprint density at radius 3 is 2.21 bits per heavy atom. The number of carboxylic acid groups (broad SMARTS) is 1. The predicted molar refractivity (Wildman–Crippen MR) is 185 cm³/mol. The maximum absolute atomic E-state index is 12.9. The lowest BCUT2D eigenvalue weighted by molar-refractivity contribution is -0.245. The number of aromatic carboxylic acids is 1. The van der Waals surface area contributed by atoms with E-state index < -0.39 is 18.3 Å². The van der Waals surface area contributed by atoms with Gasteiger partial charge in [0.05, 0.1) is 24.4 Å². The third kappa shape index (κ3) is 8.61. The molecule has 0 aromatic heterocycles. The van der Waals surface area contributed by atoms with Gasteiger partial charge >= 0.3 is 12.0 Å². The molecule has 0 unspecified atom stereocenters. The number of amides is 2. The summed E-state index contributed by atoms with van der Waals surface area (Å²) >= 11 is 1.43. The van der Waals surface area contributed by atoms with E-state index in [2.05, 4.69) is 10.6 Å². The lowest BCUT2D eigenvalue weighted by atomic mass is 10.0. The fourth-order valence-corrected chi connectivity index (χ4v) is 6.33. The molecule has 9 nitrogen and oxygen atoms in total. The Balaban J connectivity index is 1.13. The number of carboxylic acids is 1. The molecule has 0 radical (unpaired) electrons. The van der Waals surface area contributed by atoms with Gasteiger partial charge in [0.15, 0.2) is 6.29 Å². The van der Waals surface area contributed by atoms with Crippen LogP contribution in [-0.2, 0) is 16.1 Å². The van der Waals surface area contributed by atoms with Crippen molar-refractivity contribution >= 4 is 35.1 Å². The van der Waals surface area contributed by atoms with Crippen LogP contribution >= 0.6 is 11.8 Å². The Labute approximate surface area is 282 Å². The molecule has 48 heavy (non-hydrogen) atoms. The first-order valence-corrected chi connectivity index (χ1v) is 16.4. The van der Waals surface area contributed by atoms with E-state index >= 15 is 0 Å². The van der Waals surface area contributed by atoms with Crippen LogP contribution in [0.5, 0.6) is 11.5 Å². The number of nitrogens with one attached hydrogen (secondary N) is 2. The van der Waals surface area contributed by atoms with Gasteiger partial charge in [-0.2, -0.15) is 0 Å². The Morgan fingerprint density at radius 2 is 1.46 bits per heavy atom. The number of carbonyl (C=O) groups excluding carboxylic acids is 1. The summed E-state index contributed by atoms with van der Waals surface area (Å²) in [6.45, 7) is -0.0544. The smallest absolute Gasteiger partial charge is 0.336 e. The Kier molecular flexibility index (Phi) is 10.7. The molecule has 4 N–H and O–H groups in total. The highest BCUT2D eigenvalue weighted by atomic mass is 32.2. The van der Waals surface area contributed by atoms with E-state index in [0.29, 0.717) is 39.8 Å². The molecule has 244 valence electrons. The highest BCUT2D eigenvalue weighted by molar-refractivity contribution is 7.99. The van der Waals surface area contributed by atoms with Gasteiger partial charge in [-0.25, -0.2) is 9.59 Å². The number of urea groups is 1. The van der Waals surface area contributed by atoms with Crippen LogP contribution in [0.3, 0.4) is 0 Å². The third-order valence-electron chi connectivity index (χ3n) is 7.66. The van der Waals surface area contributed by atoms with Crippen LogP contribution in [0.25, 0.3) is 0 Å². The van der Waals surface area contributed by atoms with Gasteiger partial charge in [-0.15, -0.1) is 11.8 Å². The van der Waals surface area contributed by atoms with Gasteiger partial charge in [-0.1, -0.05) is 66.7 Å². The molecule has 6 rings (SSSR count). The molecular weight excluding hydrogens is 628 g/mol. The Morgan fingerprint density at radius 1 is 0.750 bits per heavy atom. The topological polar surface area (TPSA) is 126 Å². The highest BCUT2D eigenvalue weighted by Crippen LogP contribution is 2.40. The summed E-state index contributed by atoms with van der Waals surface area (Å²) in [6, 6.07) is 37.9. The molecule has 0 bridgehead atoms. The molecule has 0 aliphatic carbocycles. The summed E-state index contributed by atoms with van der Waals surface area (Å²) in [5.41, 5.74) is 3.85. The number of aliphatic hydroxyl groups is 1. The van der Waals surface area contributed by atoms with Crippen molar-refractivity contribution in [1.82, 2.24) is 0 Å². The fourth-order valence-electron chi connectivity index (χ4n) is 5.26. The number of rotatable bonds is 11. The minimum atomic E-state index is -0.979. The number of thioether (sulfide) groups is 1. The number of anilines is 2. The predicted octanol–water partition coefficient (Wildman–Crippen LogP) is 8.65. The Bertz CT molecular complexity index is 1830. The third-order valence-corrected chi connectivity index (χ3v) is 8.87. The van der Waals surface area contributed by atoms with Crippen LogP contribution in [0.2, 0.25) is 0 Å². The second kappa shape index (κ2) is 15.6. The summed E-state index contributed by atoms with van der Waals surface area (Å²) in [7, 11) is 0. The SMILES string of the molecule is O=C(Nc1ccc(Oc2ccccc2)cc1)Nc1cccc([C@@H]2O[C@H](CSc3ccccc3C(=O)O)C[C@H](c3ccc(CO)cc3)O2)c1. The minimum Gasteiger partial charge on any atom is -0.478 e. The van der Waals surface area contributed by atoms with E-state index in [4.69, 9.17) is 14.2 Å². The molecule has 5 aromatic rings. The highest BCUT2D eigenvalue weighted by Gasteiger charge is 2.32. The summed E-state index contributed by atoms with van der Waals surface area (Å²) in [5, 5.41) is 24.9. The normalized spacial score (nSPS) is 17.3. The van der Waals surface area contributed by atoms with Crippen molar-refractivity contribution in [3.8, 4) is 11.5 Å². The monoisotopic (exact) mass is 662 g/mol. The molecule has 0 saturated carbocycles. The number of benzene rings is 5. The van der Waals surface area contributed by atoms with Gasteiger partial charge in [0.1, 0.15) is 11.5 Å². The van der Waals surface area contributed by atoms with Crippen LogP contribution in [0.15, 0.2) is 132 Å². The van der Waals surface area contributed by atoms with Crippen LogP contribution in [0.1, 0.15) is 45.9 Å². The van der Waals surface area contributed by atoms with Gasteiger partial charge in [-0.3, -0.25) is 0 Å². The number of carbonyl (C=O) groups is 2. The van der Waals surface area contributed by atoms with Crippen molar-refractivity contribution in [2.24, 2.45) is 0 Å². The quantitative estimate of drug-likeness (QED) is 0.104. The standard InChI is InChI=1S/C38H34N2O7S/c41-23-25-13-15-26(16-14-25)34-22-32(24-48-35-12-5-4-11-33(35)36(42)43)46-37(47-34)27-7-6-8-29(21-27)40-38(44)39-28-17-19-31(20-18-28)45-30-9-2-1-3-10-30/h1-21,32,34,37,41H,22-24H2,(H,42,43)(H2,39,40,44)/t32-,34+,37+/m0/s1. The minimum absolute atomic E-state index is 0.0544. The van der Waals surface area contributed by atoms with Crippen LogP contribution in [0.4, 0.5) is 16.2 Å². The summed E-state index contributed by atoms with van der Waals surface area (Å²) in [5.74, 6) is 0.900. The molecule has 1 aliphatic rings. The fraction of sp³-hybridized carbons (Fsp3) is 0.158. The number of hydrogen-bond acceptors (Lipinski definition) is 7. The number of ether oxygens (including phenoxy) is 3. The van der Waals surface area contributed by atoms with Crippen molar-refractivity contribution in [2.75, 3.05) is 16.4 Å². The number of aliphatic hydroxyl groups excluding tert-OH is 1. The first-order chi connectivity index (χ1) is 23.4. The van der Waals surface area contributed by atoms with Crippen LogP contribution in [-0.4, -0.2) is 34.1 Å². The first kappa shape index (κ1) is 32.8. The van der Waals surface area contributed by atoms with E-state index in [0.717, 1.165) is 16.9 Å². The van der Waals surface area contributed by atoms with E-state index in [-0.39, 0.29) is 24.4 Å². The molecule has 1 heterocycles. The summed E-state index contributed by atoms with van der Waals surface area (Å²) in [4.78, 5) is 25.3. The summed E-state index contributed by atoms with van der Waals surface area (Å²) < 4.78 is 18.7. The van der Waals surface area contributed by atoms with Crippen molar-refractivity contribution in [1.29, 1.82) is 0 Å². The Hall–Kier alpha value is -5.13. The van der Waals surface area contributed by atoms with Gasteiger partial charge in [0.25, 0.3) is 0 Å². The molecule has 1 fully saturated rings. The molecule has 0 spiro atoms. The van der Waals surface area contributed by atoms with Gasteiger partial charge in [-0.05, 0) is 71.8 Å². The zero-order valence-electron chi connectivity index (χ0n) is 25.8. The second-order valence-corrected chi connectivity index (χ2v) is 12.2. The maximum atomic E-state index is 12.9. The van der Waals surface area contributed by atoms with E-state index in [9.17, 15) is 19.8 Å². The van der Waals surface area contributed by atoms with Crippen molar-refractivity contribution in [3.05, 3.63) is 150 Å². The van der Waals surface area contributed by atoms with Crippen LogP contribution in [0, 0.1) is 0 Å². The molecule has 5 aromatic carbocycles. The zero-order chi connectivity index (χ0) is 33.3. The lowest BCUT2D eigenvalue weighted by Gasteiger charge is -2.36. The molecule has 3 atom stereocenters. The van der Waals surface area contributed by atoms with Crippen molar-refractivity contribution < 1.29 is 34.0 Å². The van der Waals surface area contributed by atoms with Gasteiger partial charge in [0, 0.05) is 34.0 Å². The molecule has 1 saturated heterocycles. The molecule has 1 aliphatic heterocycles. The second-order valence-electron chi connectivity index (χ2n) is 11.1. The molecule has 2 amide bonds. The average molecular weight is 663 g/mol. The van der Waals surface area contributed by atoms with Crippen molar-refractivity contribution in [2.45, 2.75) is 36.4 Å². The van der Waals surface area contributed by atoms with E-state index in [1.165, 1.54) is 11.8 Å². The van der Waals surface area contributed by atoms with E-state index in [1.807, 2.05) is 78.9 Å². The molecular formula is C38H34N2O7S. The first-order valence-electron chi connectivity index (χ1n) is 15.4. The summed E-state index contributed by atoms with van der Waals surface area (Å²) in [6.07, 6.45) is -0.784. The van der Waals surface area contributed by atoms with Gasteiger partial charge in [0.2, 0.25) is 0 Å².